The summed E-state index contributed by atoms with van der Waals surface area (Å²) in [5.41, 5.74) is -0.449. The summed E-state index contributed by atoms with van der Waals surface area (Å²) >= 11 is 0. The summed E-state index contributed by atoms with van der Waals surface area (Å²) in [5, 5.41) is 0. The molecule has 1 saturated carbocycles. The fourth-order valence-electron chi connectivity index (χ4n) is 3.00. The van der Waals surface area contributed by atoms with Crippen molar-refractivity contribution in [3.05, 3.63) is 0 Å². The lowest BCUT2D eigenvalue weighted by Crippen LogP contribution is -2.42. The molecular weight excluding hydrogens is 230 g/mol. The van der Waals surface area contributed by atoms with Gasteiger partial charge in [-0.3, -0.25) is 4.79 Å². The Morgan fingerprint density at radius 3 is 2.61 bits per heavy atom. The molecule has 2 aliphatic rings. The molecule has 18 heavy (non-hydrogen) atoms. The first-order chi connectivity index (χ1) is 8.37. The normalized spacial score (nSPS) is 28.8. The molecule has 0 spiro atoms. The summed E-state index contributed by atoms with van der Waals surface area (Å²) in [5.74, 6) is 0.698. The van der Waals surface area contributed by atoms with E-state index >= 15 is 0 Å². The van der Waals surface area contributed by atoms with E-state index in [4.69, 9.17) is 4.74 Å². The molecule has 1 heterocycles. The standard InChI is InChI=1S/C14H23NO3/c1-14(2,3)18-13(17)15-8-4-5-12(15)10-6-7-11(16)9-10/h10,12H,4-9H2,1-3H3. The first-order valence-electron chi connectivity index (χ1n) is 6.88. The molecule has 0 aromatic rings. The zero-order valence-corrected chi connectivity index (χ0v) is 11.6. The molecule has 1 amide bonds. The van der Waals surface area contributed by atoms with Crippen molar-refractivity contribution in [3.63, 3.8) is 0 Å². The highest BCUT2D eigenvalue weighted by Crippen LogP contribution is 2.34. The molecule has 0 radical (unpaired) electrons. The average molecular weight is 253 g/mol. The van der Waals surface area contributed by atoms with Crippen LogP contribution in [0.3, 0.4) is 0 Å². The molecule has 2 fully saturated rings. The van der Waals surface area contributed by atoms with Crippen LogP contribution in [0.5, 0.6) is 0 Å². The molecule has 2 atom stereocenters. The van der Waals surface area contributed by atoms with Crippen LogP contribution in [0.15, 0.2) is 0 Å². The lowest BCUT2D eigenvalue weighted by Gasteiger charge is -2.31. The van der Waals surface area contributed by atoms with Gasteiger partial charge in [0.15, 0.2) is 0 Å². The van der Waals surface area contributed by atoms with Crippen molar-refractivity contribution < 1.29 is 14.3 Å². The summed E-state index contributed by atoms with van der Waals surface area (Å²) in [6.07, 6.45) is 4.08. The van der Waals surface area contributed by atoms with Crippen LogP contribution >= 0.6 is 0 Å². The Morgan fingerprint density at radius 2 is 2.06 bits per heavy atom. The van der Waals surface area contributed by atoms with Gasteiger partial charge >= 0.3 is 6.09 Å². The zero-order chi connectivity index (χ0) is 13.3. The third kappa shape index (κ3) is 3.03. The van der Waals surface area contributed by atoms with Gasteiger partial charge in [0.05, 0.1) is 0 Å². The Labute approximate surface area is 109 Å². The SMILES string of the molecule is CC(C)(C)OC(=O)N1CCCC1C1CCC(=O)C1. The molecule has 1 aliphatic carbocycles. The Bertz CT molecular complexity index is 345. The van der Waals surface area contributed by atoms with E-state index in [1.165, 1.54) is 0 Å². The number of ketones is 1. The lowest BCUT2D eigenvalue weighted by atomic mass is 9.96. The number of likely N-dealkylation sites (tertiary alicyclic amines) is 1. The van der Waals surface area contributed by atoms with E-state index < -0.39 is 5.60 Å². The van der Waals surface area contributed by atoms with Crippen molar-refractivity contribution in [2.45, 2.75) is 64.5 Å². The van der Waals surface area contributed by atoms with Crippen molar-refractivity contribution >= 4 is 11.9 Å². The maximum atomic E-state index is 12.1. The Hall–Kier alpha value is -1.06. The highest BCUT2D eigenvalue weighted by molar-refractivity contribution is 5.81. The van der Waals surface area contributed by atoms with Gasteiger partial charge < -0.3 is 9.64 Å². The van der Waals surface area contributed by atoms with Crippen LogP contribution in [0.1, 0.15) is 52.9 Å². The minimum Gasteiger partial charge on any atom is -0.444 e. The predicted octanol–water partition coefficient (Wildman–Crippen LogP) is 2.76. The Kier molecular flexibility index (Phi) is 3.64. The number of carbonyl (C=O) groups excluding carboxylic acids is 2. The summed E-state index contributed by atoms with van der Waals surface area (Å²) in [6.45, 7) is 6.42. The van der Waals surface area contributed by atoms with Crippen LogP contribution in [-0.4, -0.2) is 35.0 Å². The van der Waals surface area contributed by atoms with Crippen LogP contribution in [-0.2, 0) is 9.53 Å². The number of carbonyl (C=O) groups is 2. The summed E-state index contributed by atoms with van der Waals surface area (Å²) in [6, 6.07) is 0.214. The second-order valence-corrected chi connectivity index (χ2v) is 6.42. The van der Waals surface area contributed by atoms with Gasteiger partial charge in [-0.05, 0) is 46.0 Å². The van der Waals surface area contributed by atoms with Gasteiger partial charge in [0.1, 0.15) is 11.4 Å². The summed E-state index contributed by atoms with van der Waals surface area (Å²) in [4.78, 5) is 25.4. The third-order valence-electron chi connectivity index (χ3n) is 3.76. The highest BCUT2D eigenvalue weighted by atomic mass is 16.6. The minimum atomic E-state index is -0.449. The largest absolute Gasteiger partial charge is 0.444 e. The van der Waals surface area contributed by atoms with Crippen molar-refractivity contribution in [1.82, 2.24) is 4.90 Å². The number of ether oxygens (including phenoxy) is 1. The Balaban J connectivity index is 1.99. The van der Waals surface area contributed by atoms with Crippen molar-refractivity contribution in [2.75, 3.05) is 6.54 Å². The van der Waals surface area contributed by atoms with Gasteiger partial charge in [0, 0.05) is 25.4 Å². The van der Waals surface area contributed by atoms with Crippen LogP contribution in [0.4, 0.5) is 4.79 Å². The topological polar surface area (TPSA) is 46.6 Å². The molecule has 0 bridgehead atoms. The van der Waals surface area contributed by atoms with Crippen LogP contribution in [0.2, 0.25) is 0 Å². The molecule has 4 heteroatoms. The molecule has 0 aromatic heterocycles. The predicted molar refractivity (Wildman–Crippen MR) is 68.3 cm³/mol. The molecule has 1 saturated heterocycles. The maximum Gasteiger partial charge on any atom is 0.410 e. The van der Waals surface area contributed by atoms with Gasteiger partial charge in [0.25, 0.3) is 0 Å². The van der Waals surface area contributed by atoms with Crippen LogP contribution < -0.4 is 0 Å². The third-order valence-corrected chi connectivity index (χ3v) is 3.76. The number of rotatable bonds is 1. The highest BCUT2D eigenvalue weighted by Gasteiger charge is 2.39. The first kappa shape index (κ1) is 13.4. The van der Waals surface area contributed by atoms with Crippen molar-refractivity contribution in [3.8, 4) is 0 Å². The van der Waals surface area contributed by atoms with E-state index in [-0.39, 0.29) is 12.1 Å². The van der Waals surface area contributed by atoms with E-state index in [1.54, 1.807) is 0 Å². The molecule has 0 N–H and O–H groups in total. The van der Waals surface area contributed by atoms with E-state index in [0.717, 1.165) is 25.8 Å². The van der Waals surface area contributed by atoms with Gasteiger partial charge in [-0.1, -0.05) is 0 Å². The quantitative estimate of drug-likeness (QED) is 0.722. The average Bonchev–Trinajstić information content (AvgIpc) is 2.81. The molecular formula is C14H23NO3. The van der Waals surface area contributed by atoms with Gasteiger partial charge in [0.2, 0.25) is 0 Å². The summed E-state index contributed by atoms with van der Waals surface area (Å²) < 4.78 is 5.44. The number of nitrogens with zero attached hydrogens (tertiary/aromatic N) is 1. The van der Waals surface area contributed by atoms with Crippen molar-refractivity contribution in [2.24, 2.45) is 5.92 Å². The fraction of sp³-hybridized carbons (Fsp3) is 0.857. The van der Waals surface area contributed by atoms with E-state index in [0.29, 0.717) is 24.5 Å². The zero-order valence-electron chi connectivity index (χ0n) is 11.6. The van der Waals surface area contributed by atoms with Gasteiger partial charge in [-0.25, -0.2) is 4.79 Å². The second kappa shape index (κ2) is 4.90. The molecule has 102 valence electrons. The molecule has 4 nitrogen and oxygen atoms in total. The fourth-order valence-corrected chi connectivity index (χ4v) is 3.00. The monoisotopic (exact) mass is 253 g/mol. The molecule has 2 rings (SSSR count). The molecule has 0 aromatic carbocycles. The van der Waals surface area contributed by atoms with E-state index in [1.807, 2.05) is 25.7 Å². The van der Waals surface area contributed by atoms with Crippen LogP contribution in [0, 0.1) is 5.92 Å². The number of hydrogen-bond acceptors (Lipinski definition) is 3. The van der Waals surface area contributed by atoms with E-state index in [9.17, 15) is 9.59 Å². The minimum absolute atomic E-state index is 0.214. The molecule has 2 unspecified atom stereocenters. The summed E-state index contributed by atoms with van der Waals surface area (Å²) in [7, 11) is 0. The number of Topliss-reactive ketones (excluding diaryl/α,β-unsaturated/α-hetero) is 1. The Morgan fingerprint density at radius 1 is 1.33 bits per heavy atom. The maximum absolute atomic E-state index is 12.1. The lowest BCUT2D eigenvalue weighted by molar-refractivity contribution is -0.117. The van der Waals surface area contributed by atoms with Crippen LogP contribution in [0.25, 0.3) is 0 Å². The van der Waals surface area contributed by atoms with Crippen molar-refractivity contribution in [1.29, 1.82) is 0 Å². The number of hydrogen-bond donors (Lipinski definition) is 0. The second-order valence-electron chi connectivity index (χ2n) is 6.42. The number of amides is 1. The first-order valence-corrected chi connectivity index (χ1v) is 6.88. The smallest absolute Gasteiger partial charge is 0.410 e. The van der Waals surface area contributed by atoms with E-state index in [2.05, 4.69) is 0 Å². The van der Waals surface area contributed by atoms with Gasteiger partial charge in [-0.2, -0.15) is 0 Å². The van der Waals surface area contributed by atoms with Gasteiger partial charge in [-0.15, -0.1) is 0 Å². The molecule has 1 aliphatic heterocycles.